The Labute approximate surface area is 107 Å². The number of hydrogen-bond donors (Lipinski definition) is 1. The topological polar surface area (TPSA) is 15.3 Å². The summed E-state index contributed by atoms with van der Waals surface area (Å²) in [4.78, 5) is 2.66. The fourth-order valence-electron chi connectivity index (χ4n) is 3.41. The summed E-state index contributed by atoms with van der Waals surface area (Å²) in [6.45, 7) is 7.43. The van der Waals surface area contributed by atoms with Gasteiger partial charge in [0.15, 0.2) is 0 Å². The van der Waals surface area contributed by atoms with Crippen LogP contribution >= 0.6 is 0 Å². The molecular formula is C15H30N2. The fraction of sp³-hybridized carbons (Fsp3) is 1.00. The van der Waals surface area contributed by atoms with Crippen LogP contribution in [0.1, 0.15) is 58.3 Å². The second kappa shape index (κ2) is 7.38. The Morgan fingerprint density at radius 2 is 1.76 bits per heavy atom. The van der Waals surface area contributed by atoms with E-state index in [1.807, 2.05) is 0 Å². The van der Waals surface area contributed by atoms with Crippen LogP contribution in [0.3, 0.4) is 0 Å². The molecule has 1 atom stereocenters. The molecule has 0 amide bonds. The van der Waals surface area contributed by atoms with Gasteiger partial charge in [0, 0.05) is 19.1 Å². The van der Waals surface area contributed by atoms with E-state index in [0.717, 1.165) is 12.0 Å². The number of hydrogen-bond acceptors (Lipinski definition) is 2. The van der Waals surface area contributed by atoms with E-state index < -0.39 is 0 Å². The highest BCUT2D eigenvalue weighted by atomic mass is 15.2. The summed E-state index contributed by atoms with van der Waals surface area (Å²) >= 11 is 0. The maximum atomic E-state index is 3.68. The first kappa shape index (κ1) is 13.4. The summed E-state index contributed by atoms with van der Waals surface area (Å²) in [5.41, 5.74) is 0. The Morgan fingerprint density at radius 1 is 1.00 bits per heavy atom. The van der Waals surface area contributed by atoms with Gasteiger partial charge in [-0.05, 0) is 51.6 Å². The van der Waals surface area contributed by atoms with Gasteiger partial charge in [0.05, 0.1) is 0 Å². The lowest BCUT2D eigenvalue weighted by molar-refractivity contribution is 0.160. The summed E-state index contributed by atoms with van der Waals surface area (Å²) in [6, 6.07) is 0.820. The molecule has 17 heavy (non-hydrogen) atoms. The molecule has 0 spiro atoms. The molecular weight excluding hydrogens is 208 g/mol. The third kappa shape index (κ3) is 4.59. The number of likely N-dealkylation sites (tertiary alicyclic amines) is 1. The van der Waals surface area contributed by atoms with Gasteiger partial charge in [0.1, 0.15) is 0 Å². The Hall–Kier alpha value is -0.0800. The summed E-state index contributed by atoms with van der Waals surface area (Å²) in [5, 5.41) is 3.68. The molecule has 1 heterocycles. The largest absolute Gasteiger partial charge is 0.315 e. The molecule has 1 unspecified atom stereocenters. The molecule has 2 heteroatoms. The first-order valence-electron chi connectivity index (χ1n) is 7.81. The van der Waals surface area contributed by atoms with Gasteiger partial charge in [-0.25, -0.2) is 0 Å². The van der Waals surface area contributed by atoms with Crippen molar-refractivity contribution in [3.63, 3.8) is 0 Å². The van der Waals surface area contributed by atoms with Crippen molar-refractivity contribution in [3.05, 3.63) is 0 Å². The zero-order valence-corrected chi connectivity index (χ0v) is 11.6. The number of nitrogens with zero attached hydrogens (tertiary/aromatic N) is 1. The average Bonchev–Trinajstić information content (AvgIpc) is 2.38. The van der Waals surface area contributed by atoms with Gasteiger partial charge in [0.25, 0.3) is 0 Å². The van der Waals surface area contributed by atoms with Crippen molar-refractivity contribution < 1.29 is 0 Å². The molecule has 2 rings (SSSR count). The van der Waals surface area contributed by atoms with Gasteiger partial charge in [-0.1, -0.05) is 25.7 Å². The van der Waals surface area contributed by atoms with Gasteiger partial charge >= 0.3 is 0 Å². The maximum Gasteiger partial charge on any atom is 0.0110 e. The maximum absolute atomic E-state index is 3.68. The van der Waals surface area contributed by atoms with E-state index in [1.54, 1.807) is 0 Å². The van der Waals surface area contributed by atoms with Gasteiger partial charge < -0.3 is 5.32 Å². The van der Waals surface area contributed by atoms with Crippen molar-refractivity contribution in [2.45, 2.75) is 64.3 Å². The molecule has 1 saturated carbocycles. The molecule has 0 aromatic carbocycles. The van der Waals surface area contributed by atoms with Gasteiger partial charge in [0.2, 0.25) is 0 Å². The summed E-state index contributed by atoms with van der Waals surface area (Å²) in [5.74, 6) is 0.975. The molecule has 0 aromatic heterocycles. The molecule has 1 saturated heterocycles. The lowest BCUT2D eigenvalue weighted by atomic mass is 9.89. The van der Waals surface area contributed by atoms with Crippen LogP contribution in [0.4, 0.5) is 0 Å². The second-order valence-electron chi connectivity index (χ2n) is 6.09. The van der Waals surface area contributed by atoms with E-state index in [1.165, 1.54) is 77.5 Å². The van der Waals surface area contributed by atoms with E-state index in [4.69, 9.17) is 0 Å². The van der Waals surface area contributed by atoms with Crippen molar-refractivity contribution in [2.24, 2.45) is 5.92 Å². The van der Waals surface area contributed by atoms with Gasteiger partial charge in [-0.3, -0.25) is 4.90 Å². The minimum Gasteiger partial charge on any atom is -0.315 e. The van der Waals surface area contributed by atoms with Crippen molar-refractivity contribution in [2.75, 3.05) is 26.2 Å². The van der Waals surface area contributed by atoms with Crippen LogP contribution < -0.4 is 5.32 Å². The molecule has 0 radical (unpaired) electrons. The van der Waals surface area contributed by atoms with Crippen molar-refractivity contribution in [1.82, 2.24) is 10.2 Å². The number of rotatable bonds is 5. The Kier molecular flexibility index (Phi) is 5.79. The predicted molar refractivity (Wildman–Crippen MR) is 74.3 cm³/mol. The quantitative estimate of drug-likeness (QED) is 0.741. The van der Waals surface area contributed by atoms with Crippen molar-refractivity contribution in [3.8, 4) is 0 Å². The van der Waals surface area contributed by atoms with E-state index >= 15 is 0 Å². The molecule has 100 valence electrons. The SMILES string of the molecule is CC1CCCCN1CCNCC1CCCCC1. The van der Waals surface area contributed by atoms with Gasteiger partial charge in [-0.2, -0.15) is 0 Å². The predicted octanol–water partition coefficient (Wildman–Crippen LogP) is 3.03. The standard InChI is InChI=1S/C15H30N2/c1-14-7-5-6-11-17(14)12-10-16-13-15-8-3-2-4-9-15/h14-16H,2-13H2,1H3. The fourth-order valence-corrected chi connectivity index (χ4v) is 3.41. The van der Waals surface area contributed by atoms with Crippen molar-refractivity contribution >= 4 is 0 Å². The van der Waals surface area contributed by atoms with Gasteiger partial charge in [-0.15, -0.1) is 0 Å². The lowest BCUT2D eigenvalue weighted by Gasteiger charge is -2.33. The third-order valence-electron chi connectivity index (χ3n) is 4.67. The highest BCUT2D eigenvalue weighted by Crippen LogP contribution is 2.22. The molecule has 2 nitrogen and oxygen atoms in total. The summed E-state index contributed by atoms with van der Waals surface area (Å²) in [6.07, 6.45) is 11.6. The van der Waals surface area contributed by atoms with Crippen molar-refractivity contribution in [1.29, 1.82) is 0 Å². The third-order valence-corrected chi connectivity index (χ3v) is 4.67. The van der Waals surface area contributed by atoms with E-state index in [0.29, 0.717) is 0 Å². The van der Waals surface area contributed by atoms with Crippen LogP contribution in [0.25, 0.3) is 0 Å². The summed E-state index contributed by atoms with van der Waals surface area (Å²) in [7, 11) is 0. The summed E-state index contributed by atoms with van der Waals surface area (Å²) < 4.78 is 0. The Bertz CT molecular complexity index is 199. The second-order valence-corrected chi connectivity index (χ2v) is 6.09. The zero-order valence-electron chi connectivity index (χ0n) is 11.6. The number of nitrogens with one attached hydrogen (secondary N) is 1. The molecule has 1 aliphatic carbocycles. The lowest BCUT2D eigenvalue weighted by Crippen LogP contribution is -2.42. The first-order valence-corrected chi connectivity index (χ1v) is 7.81. The minimum absolute atomic E-state index is 0.820. The minimum atomic E-state index is 0.820. The van der Waals surface area contributed by atoms with Crippen LogP contribution in [0.5, 0.6) is 0 Å². The van der Waals surface area contributed by atoms with Crippen LogP contribution in [0.15, 0.2) is 0 Å². The molecule has 0 aromatic rings. The van der Waals surface area contributed by atoms with E-state index in [9.17, 15) is 0 Å². The Morgan fingerprint density at radius 3 is 2.53 bits per heavy atom. The molecule has 0 bridgehead atoms. The first-order chi connectivity index (χ1) is 8.36. The zero-order chi connectivity index (χ0) is 11.9. The highest BCUT2D eigenvalue weighted by molar-refractivity contribution is 4.74. The van der Waals surface area contributed by atoms with Crippen LogP contribution in [-0.4, -0.2) is 37.1 Å². The number of piperidine rings is 1. The van der Waals surface area contributed by atoms with E-state index in [2.05, 4.69) is 17.1 Å². The normalized spacial score (nSPS) is 28.4. The Balaban J connectivity index is 1.53. The molecule has 2 aliphatic rings. The highest BCUT2D eigenvalue weighted by Gasteiger charge is 2.17. The molecule has 2 fully saturated rings. The smallest absolute Gasteiger partial charge is 0.0110 e. The monoisotopic (exact) mass is 238 g/mol. The molecule has 1 N–H and O–H groups in total. The van der Waals surface area contributed by atoms with Crippen LogP contribution in [0.2, 0.25) is 0 Å². The van der Waals surface area contributed by atoms with E-state index in [-0.39, 0.29) is 0 Å². The van der Waals surface area contributed by atoms with Crippen LogP contribution in [0, 0.1) is 5.92 Å². The van der Waals surface area contributed by atoms with Crippen LogP contribution in [-0.2, 0) is 0 Å². The molecule has 1 aliphatic heterocycles. The average molecular weight is 238 g/mol.